The fourth-order valence-electron chi connectivity index (χ4n) is 7.89. The van der Waals surface area contributed by atoms with Gasteiger partial charge in [0.05, 0.1) is 11.6 Å². The van der Waals surface area contributed by atoms with E-state index in [9.17, 15) is 15.2 Å². The highest BCUT2D eigenvalue weighted by atomic mass is 16.4. The van der Waals surface area contributed by atoms with E-state index in [1.165, 1.54) is 56.1 Å². The number of rotatable bonds is 10. The molecule has 2 aromatic carbocycles. The van der Waals surface area contributed by atoms with Gasteiger partial charge in [-0.1, -0.05) is 68.1 Å². The van der Waals surface area contributed by atoms with Crippen molar-refractivity contribution in [1.82, 2.24) is 9.80 Å². The van der Waals surface area contributed by atoms with Crippen LogP contribution in [0.3, 0.4) is 0 Å². The number of hydrogen-bond acceptors (Lipinski definition) is 4. The van der Waals surface area contributed by atoms with Crippen molar-refractivity contribution in [3.05, 3.63) is 70.8 Å². The molecule has 3 fully saturated rings. The number of hydrogen-bond donors (Lipinski definition) is 1. The predicted octanol–water partition coefficient (Wildman–Crippen LogP) is 6.65. The van der Waals surface area contributed by atoms with Crippen molar-refractivity contribution in [3.63, 3.8) is 0 Å². The second kappa shape index (κ2) is 13.8. The van der Waals surface area contributed by atoms with E-state index >= 15 is 0 Å². The minimum absolute atomic E-state index is 0.297. The maximum atomic E-state index is 12.5. The summed E-state index contributed by atoms with van der Waals surface area (Å²) in [6.45, 7) is 7.18. The van der Waals surface area contributed by atoms with E-state index in [2.05, 4.69) is 58.3 Å². The number of aryl methyl sites for hydroxylation is 2. The third kappa shape index (κ3) is 7.14. The number of benzene rings is 2. The molecule has 5 rings (SSSR count). The molecule has 2 aliphatic heterocycles. The lowest BCUT2D eigenvalue weighted by molar-refractivity contribution is -0.145. The Morgan fingerprint density at radius 1 is 1.02 bits per heavy atom. The average molecular weight is 542 g/mol. The predicted molar refractivity (Wildman–Crippen MR) is 160 cm³/mol. The van der Waals surface area contributed by atoms with Crippen molar-refractivity contribution in [3.8, 4) is 6.07 Å². The summed E-state index contributed by atoms with van der Waals surface area (Å²) >= 11 is 0. The standard InChI is InChI=1S/C35H47N3O2/c1-26-21-28(15-16-31(26)22-36)10-8-9-27-17-19-37(20-18-27)23-32-24-38(25-33(32)29-11-4-2-5-12-29)34(35(39)40)30-13-6-3-7-14-30/h2,4-5,11-12,15-16,21,27,30,32-34H,3,6-10,13-14,17-20,23-25H2,1H3,(H,39,40)/t32-,33+,34+/m0/s1. The quantitative estimate of drug-likeness (QED) is 0.365. The first-order valence-electron chi connectivity index (χ1n) is 15.8. The van der Waals surface area contributed by atoms with Gasteiger partial charge in [0.2, 0.25) is 0 Å². The number of nitriles is 1. The Morgan fingerprint density at radius 3 is 2.45 bits per heavy atom. The van der Waals surface area contributed by atoms with Crippen molar-refractivity contribution in [2.75, 3.05) is 32.7 Å². The molecular weight excluding hydrogens is 494 g/mol. The van der Waals surface area contributed by atoms with Crippen LogP contribution in [0.15, 0.2) is 48.5 Å². The molecule has 2 saturated heterocycles. The van der Waals surface area contributed by atoms with Gasteiger partial charge >= 0.3 is 5.97 Å². The molecule has 40 heavy (non-hydrogen) atoms. The molecular formula is C35H47N3O2. The Balaban J connectivity index is 1.15. The number of carbonyl (C=O) groups is 1. The van der Waals surface area contributed by atoms with Crippen LogP contribution in [-0.2, 0) is 11.2 Å². The van der Waals surface area contributed by atoms with E-state index < -0.39 is 5.97 Å². The molecule has 3 aliphatic rings. The monoisotopic (exact) mass is 541 g/mol. The zero-order valence-electron chi connectivity index (χ0n) is 24.3. The number of likely N-dealkylation sites (tertiary alicyclic amines) is 2. The van der Waals surface area contributed by atoms with Crippen LogP contribution in [0.5, 0.6) is 0 Å². The lowest BCUT2D eigenvalue weighted by Crippen LogP contribution is -2.46. The van der Waals surface area contributed by atoms with Crippen molar-refractivity contribution in [1.29, 1.82) is 5.26 Å². The largest absolute Gasteiger partial charge is 0.480 e. The highest BCUT2D eigenvalue weighted by Crippen LogP contribution is 2.39. The highest BCUT2D eigenvalue weighted by Gasteiger charge is 2.43. The summed E-state index contributed by atoms with van der Waals surface area (Å²) < 4.78 is 0. The summed E-state index contributed by atoms with van der Waals surface area (Å²) in [7, 11) is 0. The topological polar surface area (TPSA) is 67.6 Å². The van der Waals surface area contributed by atoms with Crippen LogP contribution in [0.2, 0.25) is 0 Å². The summed E-state index contributed by atoms with van der Waals surface area (Å²) in [4.78, 5) is 17.5. The number of carboxylic acids is 1. The molecule has 0 aromatic heterocycles. The maximum Gasteiger partial charge on any atom is 0.321 e. The van der Waals surface area contributed by atoms with Gasteiger partial charge in [-0.05, 0) is 99.0 Å². The molecule has 2 aromatic rings. The average Bonchev–Trinajstić information content (AvgIpc) is 3.38. The summed E-state index contributed by atoms with van der Waals surface area (Å²) in [5.41, 5.74) is 4.58. The molecule has 1 aliphatic carbocycles. The van der Waals surface area contributed by atoms with E-state index in [4.69, 9.17) is 0 Å². The smallest absolute Gasteiger partial charge is 0.321 e. The summed E-state index contributed by atoms with van der Waals surface area (Å²) in [6.07, 6.45) is 11.8. The fourth-order valence-corrected chi connectivity index (χ4v) is 7.89. The fraction of sp³-hybridized carbons (Fsp3) is 0.600. The molecule has 0 amide bonds. The Labute approximate surface area is 241 Å². The van der Waals surface area contributed by atoms with Gasteiger partial charge in [-0.3, -0.25) is 9.69 Å². The lowest BCUT2D eigenvalue weighted by Gasteiger charge is -2.35. The Morgan fingerprint density at radius 2 is 1.77 bits per heavy atom. The van der Waals surface area contributed by atoms with Crippen LogP contribution in [0.1, 0.15) is 86.0 Å². The number of carboxylic acid groups (broad SMARTS) is 1. The molecule has 214 valence electrons. The SMILES string of the molecule is Cc1cc(CCCC2CCN(C[C@H]3CN([C@@H](C(=O)O)C4CCCCC4)C[C@@H]3c3ccccc3)CC2)ccc1C#N. The minimum Gasteiger partial charge on any atom is -0.480 e. The second-order valence-electron chi connectivity index (χ2n) is 12.8. The van der Waals surface area contributed by atoms with Gasteiger partial charge in [0, 0.05) is 25.6 Å². The van der Waals surface area contributed by atoms with Crippen molar-refractivity contribution in [2.24, 2.45) is 17.8 Å². The van der Waals surface area contributed by atoms with Gasteiger partial charge in [0.15, 0.2) is 0 Å². The van der Waals surface area contributed by atoms with Crippen molar-refractivity contribution >= 4 is 5.97 Å². The molecule has 0 bridgehead atoms. The van der Waals surface area contributed by atoms with E-state index in [1.807, 2.05) is 13.0 Å². The zero-order chi connectivity index (χ0) is 27.9. The number of nitrogens with zero attached hydrogens (tertiary/aromatic N) is 3. The molecule has 1 N–H and O–H groups in total. The van der Waals surface area contributed by atoms with E-state index in [-0.39, 0.29) is 6.04 Å². The first-order valence-corrected chi connectivity index (χ1v) is 15.8. The van der Waals surface area contributed by atoms with Crippen LogP contribution < -0.4 is 0 Å². The normalized spacial score (nSPS) is 24.1. The number of aliphatic carboxylic acids is 1. The highest BCUT2D eigenvalue weighted by molar-refractivity contribution is 5.74. The van der Waals surface area contributed by atoms with Gasteiger partial charge in [0.1, 0.15) is 6.04 Å². The first-order chi connectivity index (χ1) is 19.5. The molecule has 5 nitrogen and oxygen atoms in total. The zero-order valence-corrected chi connectivity index (χ0v) is 24.3. The molecule has 5 heteroatoms. The Kier molecular flexibility index (Phi) is 9.94. The maximum absolute atomic E-state index is 12.5. The number of piperidine rings is 1. The van der Waals surface area contributed by atoms with E-state index in [0.29, 0.717) is 17.8 Å². The first kappa shape index (κ1) is 28.8. The van der Waals surface area contributed by atoms with Crippen LogP contribution in [0, 0.1) is 36.0 Å². The molecule has 0 unspecified atom stereocenters. The van der Waals surface area contributed by atoms with Crippen molar-refractivity contribution in [2.45, 2.75) is 83.1 Å². The molecule has 3 atom stereocenters. The van der Waals surface area contributed by atoms with Gasteiger partial charge < -0.3 is 10.0 Å². The molecule has 2 heterocycles. The third-order valence-electron chi connectivity index (χ3n) is 10.1. The summed E-state index contributed by atoms with van der Waals surface area (Å²) in [5, 5.41) is 19.5. The van der Waals surface area contributed by atoms with Crippen LogP contribution >= 0.6 is 0 Å². The second-order valence-corrected chi connectivity index (χ2v) is 12.8. The van der Waals surface area contributed by atoms with E-state index in [1.54, 1.807) is 0 Å². The van der Waals surface area contributed by atoms with Gasteiger partial charge in [-0.15, -0.1) is 0 Å². The minimum atomic E-state index is -0.614. The van der Waals surface area contributed by atoms with Crippen molar-refractivity contribution < 1.29 is 9.90 Å². The Bertz CT molecular complexity index is 1140. The lowest BCUT2D eigenvalue weighted by atomic mass is 9.83. The summed E-state index contributed by atoms with van der Waals surface area (Å²) in [5.74, 6) is 1.36. The summed E-state index contributed by atoms with van der Waals surface area (Å²) in [6, 6.07) is 19.0. The van der Waals surface area contributed by atoms with Crippen LogP contribution in [0.4, 0.5) is 0 Å². The molecule has 0 spiro atoms. The third-order valence-corrected chi connectivity index (χ3v) is 10.1. The molecule has 0 radical (unpaired) electrons. The van der Waals surface area contributed by atoms with Gasteiger partial charge in [-0.25, -0.2) is 0 Å². The van der Waals surface area contributed by atoms with Gasteiger partial charge in [0.25, 0.3) is 0 Å². The van der Waals surface area contributed by atoms with Gasteiger partial charge in [-0.2, -0.15) is 5.26 Å². The Hall–Kier alpha value is -2.68. The van der Waals surface area contributed by atoms with E-state index in [0.717, 1.165) is 69.0 Å². The van der Waals surface area contributed by atoms with Crippen LogP contribution in [0.25, 0.3) is 0 Å². The molecule has 1 saturated carbocycles. The van der Waals surface area contributed by atoms with Crippen LogP contribution in [-0.4, -0.2) is 59.6 Å².